The van der Waals surface area contributed by atoms with E-state index in [0.717, 1.165) is 11.5 Å². The van der Waals surface area contributed by atoms with Crippen molar-refractivity contribution in [3.05, 3.63) is 42.4 Å². The number of nitrogens with one attached hydrogen (secondary N) is 1. The summed E-state index contributed by atoms with van der Waals surface area (Å²) in [4.78, 5) is 8.02. The highest BCUT2D eigenvalue weighted by atomic mass is 16.5. The van der Waals surface area contributed by atoms with Crippen molar-refractivity contribution in [3.63, 3.8) is 0 Å². The summed E-state index contributed by atoms with van der Waals surface area (Å²) in [7, 11) is 1.63. The summed E-state index contributed by atoms with van der Waals surface area (Å²) in [6.07, 6.45) is 2.91. The number of aromatic nitrogens is 2. The lowest BCUT2D eigenvalue weighted by molar-refractivity contribution is 0.234. The molecule has 2 rings (SSSR count). The molecule has 0 bridgehead atoms. The number of nitriles is 1. The Morgan fingerprint density at radius 3 is 2.48 bits per heavy atom. The predicted octanol–water partition coefficient (Wildman–Crippen LogP) is 2.24. The van der Waals surface area contributed by atoms with E-state index in [-0.39, 0.29) is 6.10 Å². The standard InChI is InChI=1S/C15H16N4O2/c1-11(21-14-5-3-13(20-2)4-6-14)8-18-15-10-17-12(7-16)9-19-15/h3-6,9-11H,8H2,1-2H3,(H,18,19). The summed E-state index contributed by atoms with van der Waals surface area (Å²) in [5.41, 5.74) is 0.295. The number of hydrogen-bond acceptors (Lipinski definition) is 6. The number of benzene rings is 1. The first-order valence-corrected chi connectivity index (χ1v) is 6.48. The van der Waals surface area contributed by atoms with Gasteiger partial charge in [0.25, 0.3) is 0 Å². The van der Waals surface area contributed by atoms with Crippen LogP contribution in [0, 0.1) is 11.3 Å². The van der Waals surface area contributed by atoms with Crippen molar-refractivity contribution in [1.82, 2.24) is 9.97 Å². The molecule has 1 atom stereocenters. The van der Waals surface area contributed by atoms with Gasteiger partial charge in [-0.2, -0.15) is 5.26 Å². The zero-order chi connectivity index (χ0) is 15.1. The van der Waals surface area contributed by atoms with E-state index >= 15 is 0 Å². The molecule has 0 amide bonds. The van der Waals surface area contributed by atoms with Gasteiger partial charge in [-0.3, -0.25) is 0 Å². The van der Waals surface area contributed by atoms with Gasteiger partial charge in [0, 0.05) is 0 Å². The van der Waals surface area contributed by atoms with Crippen molar-refractivity contribution in [1.29, 1.82) is 5.26 Å². The fourth-order valence-corrected chi connectivity index (χ4v) is 1.65. The second-order valence-electron chi connectivity index (χ2n) is 4.38. The Morgan fingerprint density at radius 2 is 1.90 bits per heavy atom. The third-order valence-electron chi connectivity index (χ3n) is 2.73. The zero-order valence-corrected chi connectivity index (χ0v) is 11.9. The van der Waals surface area contributed by atoms with Crippen molar-refractivity contribution in [2.45, 2.75) is 13.0 Å². The van der Waals surface area contributed by atoms with E-state index in [2.05, 4.69) is 15.3 Å². The second-order valence-corrected chi connectivity index (χ2v) is 4.38. The smallest absolute Gasteiger partial charge is 0.158 e. The molecule has 1 aromatic carbocycles. The molecule has 0 fully saturated rings. The van der Waals surface area contributed by atoms with Gasteiger partial charge in [-0.25, -0.2) is 9.97 Å². The third-order valence-corrected chi connectivity index (χ3v) is 2.73. The molecule has 2 aromatic rings. The Bertz CT molecular complexity index is 605. The van der Waals surface area contributed by atoms with Gasteiger partial charge in [-0.1, -0.05) is 0 Å². The summed E-state index contributed by atoms with van der Waals surface area (Å²) in [6, 6.07) is 9.34. The largest absolute Gasteiger partial charge is 0.497 e. The molecule has 0 aliphatic rings. The summed E-state index contributed by atoms with van der Waals surface area (Å²) in [5, 5.41) is 11.8. The quantitative estimate of drug-likeness (QED) is 0.876. The number of hydrogen-bond donors (Lipinski definition) is 1. The number of ether oxygens (including phenoxy) is 2. The molecule has 21 heavy (non-hydrogen) atoms. The minimum absolute atomic E-state index is 0.0455. The van der Waals surface area contributed by atoms with E-state index < -0.39 is 0 Å². The third kappa shape index (κ3) is 4.35. The van der Waals surface area contributed by atoms with Crippen LogP contribution >= 0.6 is 0 Å². The summed E-state index contributed by atoms with van der Waals surface area (Å²) in [6.45, 7) is 2.53. The van der Waals surface area contributed by atoms with Gasteiger partial charge >= 0.3 is 0 Å². The summed E-state index contributed by atoms with van der Waals surface area (Å²) < 4.78 is 10.9. The topological polar surface area (TPSA) is 80.1 Å². The van der Waals surface area contributed by atoms with E-state index in [1.165, 1.54) is 12.4 Å². The fourth-order valence-electron chi connectivity index (χ4n) is 1.65. The Morgan fingerprint density at radius 1 is 1.19 bits per heavy atom. The average molecular weight is 284 g/mol. The van der Waals surface area contributed by atoms with Gasteiger partial charge in [-0.15, -0.1) is 0 Å². The molecule has 6 heteroatoms. The average Bonchev–Trinajstić information content (AvgIpc) is 2.54. The van der Waals surface area contributed by atoms with Crippen LogP contribution in [0.3, 0.4) is 0 Å². The molecular formula is C15H16N4O2. The normalized spacial score (nSPS) is 11.3. The van der Waals surface area contributed by atoms with Crippen LogP contribution in [0.5, 0.6) is 11.5 Å². The summed E-state index contributed by atoms with van der Waals surface area (Å²) in [5.74, 6) is 2.18. The van der Waals surface area contributed by atoms with Crippen LogP contribution < -0.4 is 14.8 Å². The van der Waals surface area contributed by atoms with Crippen LogP contribution in [0.1, 0.15) is 12.6 Å². The molecule has 1 N–H and O–H groups in total. The van der Waals surface area contributed by atoms with Gasteiger partial charge in [0.15, 0.2) is 5.69 Å². The first-order chi connectivity index (χ1) is 10.2. The van der Waals surface area contributed by atoms with Gasteiger partial charge < -0.3 is 14.8 Å². The monoisotopic (exact) mass is 284 g/mol. The van der Waals surface area contributed by atoms with Crippen LogP contribution in [0.15, 0.2) is 36.7 Å². The fraction of sp³-hybridized carbons (Fsp3) is 0.267. The number of methoxy groups -OCH3 is 1. The first kappa shape index (κ1) is 14.6. The number of rotatable bonds is 6. The van der Waals surface area contributed by atoms with Crippen molar-refractivity contribution in [3.8, 4) is 17.6 Å². The molecule has 0 saturated carbocycles. The van der Waals surface area contributed by atoms with Crippen molar-refractivity contribution in [2.24, 2.45) is 0 Å². The second kappa shape index (κ2) is 7.10. The van der Waals surface area contributed by atoms with Crippen LogP contribution in [0.2, 0.25) is 0 Å². The molecule has 6 nitrogen and oxygen atoms in total. The van der Waals surface area contributed by atoms with E-state index in [9.17, 15) is 0 Å². The van der Waals surface area contributed by atoms with Crippen LogP contribution in [0.4, 0.5) is 5.82 Å². The maximum absolute atomic E-state index is 8.65. The van der Waals surface area contributed by atoms with E-state index in [4.69, 9.17) is 14.7 Å². The maximum Gasteiger partial charge on any atom is 0.158 e. The van der Waals surface area contributed by atoms with Crippen LogP contribution in [-0.4, -0.2) is 29.7 Å². The first-order valence-electron chi connectivity index (χ1n) is 6.48. The van der Waals surface area contributed by atoms with Crippen molar-refractivity contribution in [2.75, 3.05) is 19.0 Å². The minimum atomic E-state index is -0.0455. The molecule has 0 aliphatic carbocycles. The Balaban J connectivity index is 1.83. The van der Waals surface area contributed by atoms with Gasteiger partial charge in [-0.05, 0) is 31.2 Å². The van der Waals surface area contributed by atoms with Crippen LogP contribution in [0.25, 0.3) is 0 Å². The van der Waals surface area contributed by atoms with Crippen molar-refractivity contribution >= 4 is 5.82 Å². The van der Waals surface area contributed by atoms with Gasteiger partial charge in [0.2, 0.25) is 0 Å². The molecule has 0 saturated heterocycles. The zero-order valence-electron chi connectivity index (χ0n) is 11.9. The van der Waals surface area contributed by atoms with E-state index in [0.29, 0.717) is 18.1 Å². The highest BCUT2D eigenvalue weighted by Gasteiger charge is 2.05. The summed E-state index contributed by atoms with van der Waals surface area (Å²) >= 11 is 0. The van der Waals surface area contributed by atoms with E-state index in [1.54, 1.807) is 7.11 Å². The Hall–Kier alpha value is -2.81. The molecule has 0 radical (unpaired) electrons. The Labute approximate surface area is 123 Å². The molecule has 1 unspecified atom stereocenters. The molecular weight excluding hydrogens is 268 g/mol. The highest BCUT2D eigenvalue weighted by molar-refractivity contribution is 5.34. The highest BCUT2D eigenvalue weighted by Crippen LogP contribution is 2.18. The van der Waals surface area contributed by atoms with E-state index in [1.807, 2.05) is 37.3 Å². The number of anilines is 1. The van der Waals surface area contributed by atoms with Gasteiger partial charge in [0.05, 0.1) is 26.0 Å². The lowest BCUT2D eigenvalue weighted by Crippen LogP contribution is -2.23. The van der Waals surface area contributed by atoms with Crippen molar-refractivity contribution < 1.29 is 9.47 Å². The van der Waals surface area contributed by atoms with Crippen LogP contribution in [-0.2, 0) is 0 Å². The Kier molecular flexibility index (Phi) is 4.94. The molecule has 0 spiro atoms. The SMILES string of the molecule is COc1ccc(OC(C)CNc2cnc(C#N)cn2)cc1. The lowest BCUT2D eigenvalue weighted by atomic mass is 10.3. The number of nitrogens with zero attached hydrogens (tertiary/aromatic N) is 3. The predicted molar refractivity (Wildman–Crippen MR) is 78.3 cm³/mol. The molecule has 108 valence electrons. The lowest BCUT2D eigenvalue weighted by Gasteiger charge is -2.15. The molecule has 1 aromatic heterocycles. The molecule has 1 heterocycles. The maximum atomic E-state index is 8.65. The molecule has 0 aliphatic heterocycles. The van der Waals surface area contributed by atoms with Gasteiger partial charge in [0.1, 0.15) is 29.5 Å². The minimum Gasteiger partial charge on any atom is -0.497 e.